The summed E-state index contributed by atoms with van der Waals surface area (Å²) in [6.45, 7) is 4.92. The van der Waals surface area contributed by atoms with Crippen molar-refractivity contribution >= 4 is 23.1 Å². The minimum Gasteiger partial charge on any atom is -0.443 e. The smallest absolute Gasteiger partial charge is 0.242 e. The van der Waals surface area contributed by atoms with Crippen molar-refractivity contribution in [2.75, 3.05) is 0 Å². The van der Waals surface area contributed by atoms with Crippen LogP contribution in [-0.2, 0) is 30.3 Å². The predicted molar refractivity (Wildman–Crippen MR) is 149 cm³/mol. The Balaban J connectivity index is 1.77. The second kappa shape index (κ2) is 11.5. The number of hydrogen-bond acceptors (Lipinski definition) is 12. The summed E-state index contributed by atoms with van der Waals surface area (Å²) in [4.78, 5) is 56.0. The molecule has 6 atom stereocenters. The lowest BCUT2D eigenvalue weighted by Crippen LogP contribution is -2.87. The zero-order valence-electron chi connectivity index (χ0n) is 24.2. The molecule has 0 spiro atoms. The average molecular weight is 596 g/mol. The molecule has 1 saturated heterocycles. The SMILES string of the molecule is CC(=O)[C@]1(O)[C@@](O)(C(C)=O)[C@@H](C(=O)C(C)O)O[C@@H](Oc2n[nH]c(C)c2Cc2ccc(-c3ccccn3)cc2)[C@@]1(O)C(C)=O. The van der Waals surface area contributed by atoms with Gasteiger partial charge in [0.1, 0.15) is 6.10 Å². The fraction of sp³-hybridized carbons (Fsp3) is 0.400. The van der Waals surface area contributed by atoms with Gasteiger partial charge in [0.15, 0.2) is 34.8 Å². The number of aromatic amines is 1. The number of hydrogen-bond donors (Lipinski definition) is 5. The minimum atomic E-state index is -3.64. The van der Waals surface area contributed by atoms with E-state index in [9.17, 15) is 39.6 Å². The van der Waals surface area contributed by atoms with Crippen LogP contribution in [0, 0.1) is 6.92 Å². The number of aliphatic hydroxyl groups is 4. The molecular formula is C30H33N3O10. The lowest BCUT2D eigenvalue weighted by Gasteiger charge is -2.56. The van der Waals surface area contributed by atoms with E-state index in [1.54, 1.807) is 13.1 Å². The molecule has 3 aromatic rings. The predicted octanol–water partition coefficient (Wildman–Crippen LogP) is 0.385. The van der Waals surface area contributed by atoms with E-state index in [2.05, 4.69) is 15.2 Å². The summed E-state index contributed by atoms with van der Waals surface area (Å²) >= 11 is 0. The molecular weight excluding hydrogens is 562 g/mol. The van der Waals surface area contributed by atoms with Gasteiger partial charge in [0.25, 0.3) is 0 Å². The number of H-pyrrole nitrogens is 1. The van der Waals surface area contributed by atoms with E-state index in [4.69, 9.17) is 9.47 Å². The molecule has 0 radical (unpaired) electrons. The number of aryl methyl sites for hydroxylation is 1. The number of carbonyl (C=O) groups is 4. The van der Waals surface area contributed by atoms with Gasteiger partial charge < -0.3 is 29.9 Å². The molecule has 43 heavy (non-hydrogen) atoms. The van der Waals surface area contributed by atoms with E-state index < -0.39 is 58.4 Å². The van der Waals surface area contributed by atoms with Crippen LogP contribution in [0.15, 0.2) is 48.7 Å². The Labute approximate surface area is 246 Å². The molecule has 1 aliphatic rings. The zero-order valence-corrected chi connectivity index (χ0v) is 24.2. The van der Waals surface area contributed by atoms with Crippen molar-refractivity contribution in [2.24, 2.45) is 0 Å². The normalized spacial score (nSPS) is 27.7. The molecule has 0 amide bonds. The fourth-order valence-corrected chi connectivity index (χ4v) is 5.34. The second-order valence-electron chi connectivity index (χ2n) is 10.7. The third-order valence-electron chi connectivity index (χ3n) is 7.89. The number of aromatic nitrogens is 3. The molecule has 0 saturated carbocycles. The number of aliphatic hydroxyl groups excluding tert-OH is 1. The van der Waals surface area contributed by atoms with Crippen molar-refractivity contribution in [3.05, 3.63) is 65.5 Å². The molecule has 4 rings (SSSR count). The van der Waals surface area contributed by atoms with Gasteiger partial charge >= 0.3 is 0 Å². The number of nitrogens with zero attached hydrogens (tertiary/aromatic N) is 2. The molecule has 5 N–H and O–H groups in total. The van der Waals surface area contributed by atoms with Crippen LogP contribution in [0.25, 0.3) is 11.3 Å². The van der Waals surface area contributed by atoms with Gasteiger partial charge in [0.05, 0.1) is 5.69 Å². The third kappa shape index (κ3) is 4.98. The third-order valence-corrected chi connectivity index (χ3v) is 7.89. The molecule has 1 aliphatic heterocycles. The van der Waals surface area contributed by atoms with Crippen LogP contribution in [0.5, 0.6) is 5.88 Å². The highest BCUT2D eigenvalue weighted by Gasteiger charge is 2.80. The van der Waals surface area contributed by atoms with Gasteiger partial charge in [-0.05, 0) is 52.3 Å². The van der Waals surface area contributed by atoms with E-state index in [1.165, 1.54) is 0 Å². The number of rotatable bonds is 10. The number of pyridine rings is 1. The van der Waals surface area contributed by atoms with Crippen LogP contribution in [0.1, 0.15) is 44.5 Å². The summed E-state index contributed by atoms with van der Waals surface area (Å²) in [6.07, 6.45) is -4.73. The fourth-order valence-electron chi connectivity index (χ4n) is 5.34. The lowest BCUT2D eigenvalue weighted by atomic mass is 9.60. The number of benzene rings is 1. The van der Waals surface area contributed by atoms with Gasteiger partial charge in [-0.25, -0.2) is 0 Å². The summed E-state index contributed by atoms with van der Waals surface area (Å²) < 4.78 is 11.4. The van der Waals surface area contributed by atoms with E-state index in [-0.39, 0.29) is 12.3 Å². The van der Waals surface area contributed by atoms with Gasteiger partial charge in [-0.3, -0.25) is 29.3 Å². The minimum absolute atomic E-state index is 0.218. The molecule has 1 fully saturated rings. The summed E-state index contributed by atoms with van der Waals surface area (Å²) in [7, 11) is 0. The first-order valence-electron chi connectivity index (χ1n) is 13.4. The van der Waals surface area contributed by atoms with Crippen molar-refractivity contribution < 1.29 is 49.1 Å². The average Bonchev–Trinajstić information content (AvgIpc) is 3.31. The van der Waals surface area contributed by atoms with Crippen LogP contribution < -0.4 is 4.74 Å². The molecule has 1 aromatic carbocycles. The first-order chi connectivity index (χ1) is 20.1. The summed E-state index contributed by atoms with van der Waals surface area (Å²) in [5.74, 6) is -5.68. The van der Waals surface area contributed by atoms with Crippen molar-refractivity contribution in [3.63, 3.8) is 0 Å². The van der Waals surface area contributed by atoms with Crippen molar-refractivity contribution in [1.82, 2.24) is 15.2 Å². The van der Waals surface area contributed by atoms with E-state index >= 15 is 0 Å². The quantitative estimate of drug-likeness (QED) is 0.216. The van der Waals surface area contributed by atoms with Crippen LogP contribution in [0.3, 0.4) is 0 Å². The highest BCUT2D eigenvalue weighted by molar-refractivity contribution is 6.08. The highest BCUT2D eigenvalue weighted by Crippen LogP contribution is 2.47. The maximum absolute atomic E-state index is 13.0. The first-order valence-corrected chi connectivity index (χ1v) is 13.4. The molecule has 228 valence electrons. The van der Waals surface area contributed by atoms with E-state index in [0.29, 0.717) is 18.2 Å². The summed E-state index contributed by atoms with van der Waals surface area (Å²) in [6, 6.07) is 13.0. The lowest BCUT2D eigenvalue weighted by molar-refractivity contribution is -0.344. The molecule has 1 unspecified atom stereocenters. The van der Waals surface area contributed by atoms with Crippen LogP contribution in [0.2, 0.25) is 0 Å². The summed E-state index contributed by atoms with van der Waals surface area (Å²) in [5.41, 5.74) is -7.13. The maximum Gasteiger partial charge on any atom is 0.242 e. The van der Waals surface area contributed by atoms with Crippen LogP contribution >= 0.6 is 0 Å². The van der Waals surface area contributed by atoms with Gasteiger partial charge in [0.2, 0.25) is 23.4 Å². The van der Waals surface area contributed by atoms with E-state index in [1.807, 2.05) is 42.5 Å². The Bertz CT molecular complexity index is 1550. The molecule has 13 nitrogen and oxygen atoms in total. The Morgan fingerprint density at radius 2 is 1.60 bits per heavy atom. The van der Waals surface area contributed by atoms with Gasteiger partial charge in [-0.1, -0.05) is 30.3 Å². The zero-order chi connectivity index (χ0) is 31.9. The Hall–Kier alpha value is -4.14. The number of ether oxygens (including phenoxy) is 2. The van der Waals surface area contributed by atoms with Crippen molar-refractivity contribution in [2.45, 2.75) is 76.3 Å². The van der Waals surface area contributed by atoms with Crippen molar-refractivity contribution in [1.29, 1.82) is 0 Å². The standard InChI is InChI=1S/C30H33N3O10/c1-15-22(14-20-9-11-21(12-10-20)23-8-6-7-13-31-23)26(33-32-15)43-27-29(40,18(4)36)30(41,19(5)37)28(39,17(3)35)25(42-27)24(38)16(2)34/h6-13,16,25,27,34,39-41H,14H2,1-5H3,(H,32,33)/t16?,25-,27+,28-,29+,30+/m1/s1. The first kappa shape index (κ1) is 31.8. The Morgan fingerprint density at radius 1 is 0.977 bits per heavy atom. The molecule has 0 aliphatic carbocycles. The molecule has 2 aromatic heterocycles. The molecule has 0 bridgehead atoms. The number of carbonyl (C=O) groups excluding carboxylic acids is 4. The Morgan fingerprint density at radius 3 is 2.12 bits per heavy atom. The maximum atomic E-state index is 13.0. The van der Waals surface area contributed by atoms with Crippen LogP contribution in [-0.4, -0.2) is 94.0 Å². The van der Waals surface area contributed by atoms with Gasteiger partial charge in [-0.2, -0.15) is 0 Å². The monoisotopic (exact) mass is 595 g/mol. The van der Waals surface area contributed by atoms with Gasteiger partial charge in [-0.15, -0.1) is 5.10 Å². The topological polar surface area (TPSA) is 209 Å². The molecule has 13 heteroatoms. The number of Topliss-reactive ketones (excluding diaryl/α,β-unsaturated/α-hetero) is 4. The molecule has 3 heterocycles. The second-order valence-corrected chi connectivity index (χ2v) is 10.7. The largest absolute Gasteiger partial charge is 0.443 e. The van der Waals surface area contributed by atoms with Gasteiger partial charge in [0, 0.05) is 29.4 Å². The highest BCUT2D eigenvalue weighted by atomic mass is 16.7. The summed E-state index contributed by atoms with van der Waals surface area (Å²) in [5, 5.41) is 51.7. The number of nitrogens with one attached hydrogen (secondary N) is 1. The number of ketones is 4. The van der Waals surface area contributed by atoms with Crippen LogP contribution in [0.4, 0.5) is 0 Å². The van der Waals surface area contributed by atoms with E-state index in [0.717, 1.165) is 37.6 Å². The van der Waals surface area contributed by atoms with Crippen molar-refractivity contribution in [3.8, 4) is 17.1 Å². The Kier molecular flexibility index (Phi) is 8.51.